The zero-order valence-electron chi connectivity index (χ0n) is 16.2. The van der Waals surface area contributed by atoms with Gasteiger partial charge < -0.3 is 15.1 Å². The Morgan fingerprint density at radius 3 is 2.57 bits per heavy atom. The van der Waals surface area contributed by atoms with Gasteiger partial charge in [0, 0.05) is 46.7 Å². The Labute approximate surface area is 174 Å². The number of benzene rings is 2. The number of amides is 1. The van der Waals surface area contributed by atoms with Gasteiger partial charge in [-0.25, -0.2) is 9.97 Å². The maximum atomic E-state index is 12.7. The molecule has 0 bridgehead atoms. The summed E-state index contributed by atoms with van der Waals surface area (Å²) >= 11 is 0. The smallest absolute Gasteiger partial charge is 0.251 e. The van der Waals surface area contributed by atoms with E-state index in [-0.39, 0.29) is 11.9 Å². The molecule has 2 aromatic heterocycles. The summed E-state index contributed by atoms with van der Waals surface area (Å²) in [5, 5.41) is 6.28. The van der Waals surface area contributed by atoms with E-state index in [0.29, 0.717) is 17.4 Å². The topological polar surface area (TPSA) is 80.0 Å². The molecule has 1 aliphatic carbocycles. The van der Waals surface area contributed by atoms with Crippen molar-refractivity contribution in [3.05, 3.63) is 96.7 Å². The zero-order valence-corrected chi connectivity index (χ0v) is 16.2. The predicted octanol–water partition coefficient (Wildman–Crippen LogP) is 4.77. The van der Waals surface area contributed by atoms with Crippen LogP contribution in [-0.4, -0.2) is 21.9 Å². The van der Waals surface area contributed by atoms with Crippen LogP contribution in [0.5, 0.6) is 0 Å². The summed E-state index contributed by atoms with van der Waals surface area (Å²) in [6.07, 6.45) is 7.70. The molecule has 4 aromatic rings. The molecule has 2 N–H and O–H groups in total. The van der Waals surface area contributed by atoms with Crippen LogP contribution in [0.2, 0.25) is 0 Å². The van der Waals surface area contributed by atoms with Gasteiger partial charge in [-0.2, -0.15) is 0 Å². The van der Waals surface area contributed by atoms with Crippen molar-refractivity contribution in [1.29, 1.82) is 0 Å². The highest BCUT2D eigenvalue weighted by molar-refractivity contribution is 5.95. The van der Waals surface area contributed by atoms with Crippen molar-refractivity contribution in [2.75, 3.05) is 5.32 Å². The normalized spacial score (nSPS) is 17.3. The molecule has 1 aliphatic rings. The molecule has 2 heterocycles. The number of nitrogens with one attached hydrogen (secondary N) is 2. The number of aromatic nitrogens is 2. The summed E-state index contributed by atoms with van der Waals surface area (Å²) in [5.41, 5.74) is 4.44. The number of nitrogens with zero attached hydrogens (tertiary/aromatic N) is 2. The van der Waals surface area contributed by atoms with Crippen molar-refractivity contribution in [3.8, 4) is 11.1 Å². The fraction of sp³-hybridized carbons (Fsp3) is 0.125. The number of anilines is 2. The Bertz CT molecular complexity index is 1140. The minimum absolute atomic E-state index is 0.0710. The molecule has 1 amide bonds. The Morgan fingerprint density at radius 1 is 0.967 bits per heavy atom. The number of hydrogen-bond acceptors (Lipinski definition) is 5. The minimum Gasteiger partial charge on any atom is -0.472 e. The van der Waals surface area contributed by atoms with Gasteiger partial charge in [0.2, 0.25) is 5.95 Å². The second kappa shape index (κ2) is 7.83. The van der Waals surface area contributed by atoms with Crippen LogP contribution in [0.15, 0.2) is 90.0 Å². The monoisotopic (exact) mass is 396 g/mol. The quantitative estimate of drug-likeness (QED) is 0.491. The molecule has 1 fully saturated rings. The maximum absolute atomic E-state index is 12.7. The van der Waals surface area contributed by atoms with Gasteiger partial charge in [0.25, 0.3) is 5.91 Å². The summed E-state index contributed by atoms with van der Waals surface area (Å²) < 4.78 is 5.08. The van der Waals surface area contributed by atoms with E-state index in [9.17, 15) is 4.79 Å². The van der Waals surface area contributed by atoms with Crippen LogP contribution in [-0.2, 0) is 0 Å². The van der Waals surface area contributed by atoms with E-state index in [2.05, 4.69) is 32.7 Å². The lowest BCUT2D eigenvalue weighted by Gasteiger charge is -2.08. The maximum Gasteiger partial charge on any atom is 0.251 e. The lowest BCUT2D eigenvalue weighted by atomic mass is 10.1. The summed E-state index contributed by atoms with van der Waals surface area (Å²) in [6, 6.07) is 19.7. The first-order valence-corrected chi connectivity index (χ1v) is 9.84. The van der Waals surface area contributed by atoms with Crippen LogP contribution in [0.4, 0.5) is 11.6 Å². The molecule has 2 atom stereocenters. The zero-order chi connectivity index (χ0) is 20.3. The van der Waals surface area contributed by atoms with Gasteiger partial charge >= 0.3 is 0 Å². The predicted molar refractivity (Wildman–Crippen MR) is 115 cm³/mol. The molecule has 6 heteroatoms. The molecule has 6 nitrogen and oxygen atoms in total. The first kappa shape index (κ1) is 18.1. The molecule has 0 radical (unpaired) electrons. The second-order valence-corrected chi connectivity index (χ2v) is 7.35. The summed E-state index contributed by atoms with van der Waals surface area (Å²) in [7, 11) is 0. The molecule has 2 aromatic carbocycles. The number of carbonyl (C=O) groups is 1. The van der Waals surface area contributed by atoms with Crippen LogP contribution in [0.3, 0.4) is 0 Å². The van der Waals surface area contributed by atoms with Gasteiger partial charge in [-0.15, -0.1) is 0 Å². The third-order valence-electron chi connectivity index (χ3n) is 5.22. The van der Waals surface area contributed by atoms with Gasteiger partial charge in [0.1, 0.15) is 0 Å². The summed E-state index contributed by atoms with van der Waals surface area (Å²) in [4.78, 5) is 21.4. The number of hydrogen-bond donors (Lipinski definition) is 2. The van der Waals surface area contributed by atoms with Crippen molar-refractivity contribution in [2.45, 2.75) is 18.4 Å². The Kier molecular flexibility index (Phi) is 4.73. The number of furan rings is 1. The Balaban J connectivity index is 1.23. The van der Waals surface area contributed by atoms with Crippen molar-refractivity contribution in [3.63, 3.8) is 0 Å². The SMILES string of the molecule is O=C(NC1CC1c1ccccc1)c1cccc(Nc2ncc(-c3ccoc3)cn2)c1. The lowest BCUT2D eigenvalue weighted by molar-refractivity contribution is 0.0950. The van der Waals surface area contributed by atoms with Gasteiger partial charge in [-0.1, -0.05) is 36.4 Å². The first-order valence-electron chi connectivity index (χ1n) is 9.84. The summed E-state index contributed by atoms with van der Waals surface area (Å²) in [5.74, 6) is 0.794. The average molecular weight is 396 g/mol. The van der Waals surface area contributed by atoms with Crippen LogP contribution >= 0.6 is 0 Å². The van der Waals surface area contributed by atoms with Crippen molar-refractivity contribution in [1.82, 2.24) is 15.3 Å². The van der Waals surface area contributed by atoms with Gasteiger partial charge in [0.05, 0.1) is 12.5 Å². The van der Waals surface area contributed by atoms with E-state index >= 15 is 0 Å². The molecule has 148 valence electrons. The largest absolute Gasteiger partial charge is 0.472 e. The fourth-order valence-corrected chi connectivity index (χ4v) is 3.51. The molecular formula is C24H20N4O2. The third kappa shape index (κ3) is 3.93. The first-order chi connectivity index (χ1) is 14.8. The number of rotatable bonds is 6. The van der Waals surface area contributed by atoms with Crippen LogP contribution in [0.25, 0.3) is 11.1 Å². The molecule has 5 rings (SSSR count). The van der Waals surface area contributed by atoms with E-state index in [1.807, 2.05) is 48.5 Å². The van der Waals surface area contributed by atoms with E-state index < -0.39 is 0 Å². The standard InChI is InChI=1S/C24H20N4O2/c29-23(28-22-12-21(22)16-5-2-1-3-6-16)17-7-4-8-20(11-17)27-24-25-13-19(14-26-24)18-9-10-30-15-18/h1-11,13-15,21-22H,12H2,(H,28,29)(H,25,26,27). The molecule has 2 unspecified atom stereocenters. The highest BCUT2D eigenvalue weighted by Gasteiger charge is 2.39. The molecule has 0 saturated heterocycles. The van der Waals surface area contributed by atoms with Crippen LogP contribution in [0.1, 0.15) is 28.3 Å². The average Bonchev–Trinajstić information content (AvgIpc) is 3.33. The molecule has 30 heavy (non-hydrogen) atoms. The highest BCUT2D eigenvalue weighted by Crippen LogP contribution is 2.40. The van der Waals surface area contributed by atoms with E-state index in [1.54, 1.807) is 24.9 Å². The van der Waals surface area contributed by atoms with Crippen LogP contribution in [0, 0.1) is 0 Å². The Morgan fingerprint density at radius 2 is 1.80 bits per heavy atom. The van der Waals surface area contributed by atoms with Gasteiger partial charge in [0.15, 0.2) is 0 Å². The van der Waals surface area contributed by atoms with Crippen LogP contribution < -0.4 is 10.6 Å². The van der Waals surface area contributed by atoms with Crippen molar-refractivity contribution < 1.29 is 9.21 Å². The summed E-state index contributed by atoms with van der Waals surface area (Å²) in [6.45, 7) is 0. The van der Waals surface area contributed by atoms with Crippen molar-refractivity contribution >= 4 is 17.5 Å². The molecule has 0 spiro atoms. The molecule has 0 aliphatic heterocycles. The van der Waals surface area contributed by atoms with Gasteiger partial charge in [-0.05, 0) is 36.2 Å². The minimum atomic E-state index is -0.0710. The Hall–Kier alpha value is -3.93. The molecular weight excluding hydrogens is 376 g/mol. The van der Waals surface area contributed by atoms with E-state index in [0.717, 1.165) is 23.2 Å². The highest BCUT2D eigenvalue weighted by atomic mass is 16.3. The lowest BCUT2D eigenvalue weighted by Crippen LogP contribution is -2.26. The number of carbonyl (C=O) groups excluding carboxylic acids is 1. The van der Waals surface area contributed by atoms with E-state index in [1.165, 1.54) is 5.56 Å². The van der Waals surface area contributed by atoms with Crippen molar-refractivity contribution in [2.24, 2.45) is 0 Å². The fourth-order valence-electron chi connectivity index (χ4n) is 3.51. The second-order valence-electron chi connectivity index (χ2n) is 7.35. The molecule has 1 saturated carbocycles. The third-order valence-corrected chi connectivity index (χ3v) is 5.22. The van der Waals surface area contributed by atoms with Gasteiger partial charge in [-0.3, -0.25) is 4.79 Å². The van der Waals surface area contributed by atoms with E-state index in [4.69, 9.17) is 4.42 Å².